The first kappa shape index (κ1) is 101. The average molecular weight is 2010 g/mol. The maximum absolute atomic E-state index is 12.5. The van der Waals surface area contributed by atoms with Gasteiger partial charge in [0.05, 0.1) is 41.3 Å². The topological polar surface area (TPSA) is 162 Å². The molecule has 0 unspecified atom stereocenters. The summed E-state index contributed by atoms with van der Waals surface area (Å²) in [5.41, 5.74) is 27.9. The molecule has 0 radical (unpaired) electrons. The van der Waals surface area contributed by atoms with Crippen molar-refractivity contribution in [2.45, 2.75) is 189 Å². The number of nitro benzene ring substituents is 2. The summed E-state index contributed by atoms with van der Waals surface area (Å²) in [6.45, 7) is 40.5. The monoisotopic (exact) mass is 2010 g/mol. The summed E-state index contributed by atoms with van der Waals surface area (Å²) in [6, 6.07) is 48.4. The van der Waals surface area contributed by atoms with Crippen LogP contribution in [0.25, 0.3) is 0 Å². The number of allylic oxidation sites excluding steroid dienone is 5. The molecule has 2 aliphatic heterocycles. The summed E-state index contributed by atoms with van der Waals surface area (Å²) < 4.78 is 16.0. The number of carbonyl (C=O) groups excluding carboxylic acids is 2. The molecule has 0 spiro atoms. The van der Waals surface area contributed by atoms with Crippen LogP contribution in [0.15, 0.2) is 212 Å². The molecule has 14 rings (SSSR count). The van der Waals surface area contributed by atoms with Gasteiger partial charge in [0, 0.05) is 67.7 Å². The van der Waals surface area contributed by atoms with E-state index in [-0.39, 0.29) is 31.1 Å². The van der Waals surface area contributed by atoms with Crippen LogP contribution in [0, 0.1) is 95.9 Å². The number of benzene rings is 8. The van der Waals surface area contributed by atoms with E-state index in [2.05, 4.69) is 196 Å². The Morgan fingerprint density at radius 1 is 0.528 bits per heavy atom. The molecule has 6 aliphatic rings. The Kier molecular flexibility index (Phi) is 41.5. The molecule has 0 aromatic heterocycles. The Labute approximate surface area is 770 Å². The van der Waals surface area contributed by atoms with E-state index in [0.717, 1.165) is 37.3 Å². The molecule has 8 aromatic carbocycles. The van der Waals surface area contributed by atoms with Crippen LogP contribution < -0.4 is 34.0 Å². The number of amides is 2. The van der Waals surface area contributed by atoms with Crippen LogP contribution in [0.1, 0.15) is 182 Å². The molecule has 2 heterocycles. The molecule has 2 saturated heterocycles. The molecule has 1 N–H and O–H groups in total. The zero-order chi connectivity index (χ0) is 89.6. The number of anilines is 5. The number of nitro groups is 2. The minimum absolute atomic E-state index is 0.0465. The molecule has 3 saturated carbocycles. The van der Waals surface area contributed by atoms with Crippen molar-refractivity contribution < 1.29 is 75.6 Å². The van der Waals surface area contributed by atoms with Crippen molar-refractivity contribution in [3.05, 3.63) is 312 Å². The van der Waals surface area contributed by atoms with Gasteiger partial charge < -0.3 is 24.0 Å². The fourth-order valence-electron chi connectivity index (χ4n) is 17.8. The second-order valence-corrected chi connectivity index (χ2v) is 46.7. The summed E-state index contributed by atoms with van der Waals surface area (Å²) in [7, 11) is 30.5. The van der Waals surface area contributed by atoms with E-state index in [1.807, 2.05) is 34.9 Å². The van der Waals surface area contributed by atoms with Gasteiger partial charge >= 0.3 is 250 Å². The molecular formula is C98H120Cl5CuN8O8PRu2+. The number of halogens is 5. The number of ether oxygens (including phenoxy) is 2. The van der Waals surface area contributed by atoms with Gasteiger partial charge in [-0.1, -0.05) is 123 Å². The van der Waals surface area contributed by atoms with Crippen LogP contribution in [0.2, 0.25) is 0 Å². The summed E-state index contributed by atoms with van der Waals surface area (Å²) >= 11 is -0.196. The molecule has 25 heteroatoms. The average Bonchev–Trinajstić information content (AvgIpc) is 1.65. The molecule has 0 bridgehead atoms. The van der Waals surface area contributed by atoms with Crippen LogP contribution in [0.3, 0.4) is 0 Å². The van der Waals surface area contributed by atoms with E-state index < -0.39 is 36.9 Å². The molecule has 4 aliphatic carbocycles. The van der Waals surface area contributed by atoms with Gasteiger partial charge in [-0.2, -0.15) is 6.67 Å². The predicted octanol–water partition coefficient (Wildman–Crippen LogP) is 26.1. The zero-order valence-corrected chi connectivity index (χ0v) is 82.2. The Morgan fingerprint density at radius 3 is 1.24 bits per heavy atom. The SMILES string of the molecule is C1CCC([PH+](C2CCCCC2)C2CCCCC2)CC1.C=C1C=C(C)C(=[N+]2[CH-]N(c3c(C)cc(C)cc3C)CC2)C(C)=C1.C=CN(C(=O)c1ccc([N+](=O)[O-])cc1)c1ccc(OC)cc1.COc1ccc(N([CH]=[Ru]([Cl])[Cl])C(=[OH+])c2ccc([N+](=O)[O-])cc2)cc1.Cc1cc(C)c(N2[CH-]N(c3c(C)cc(C)cc3C)CC2)c(C)c1.[Cl][Cu].[Cl][Ru]([Cl])=[CH]c1ccccc1. The third kappa shape index (κ3) is 29.7. The van der Waals surface area contributed by atoms with Crippen molar-refractivity contribution in [1.29, 1.82) is 0 Å². The Balaban J connectivity index is 0.000000185. The van der Waals surface area contributed by atoms with Crippen molar-refractivity contribution in [2.24, 2.45) is 0 Å². The molecule has 5 fully saturated rings. The molecule has 666 valence electrons. The van der Waals surface area contributed by atoms with Gasteiger partial charge in [0.1, 0.15) is 19.0 Å². The number of methoxy groups -OCH3 is 2. The number of rotatable bonds is 17. The second-order valence-electron chi connectivity index (χ2n) is 31.9. The van der Waals surface area contributed by atoms with E-state index in [0.29, 0.717) is 34.0 Å². The fraction of sp³-hybridized carbons (Fsp3) is 0.357. The molecule has 16 nitrogen and oxygen atoms in total. The number of hydrogen-bond acceptors (Lipinski definition) is 10. The first-order valence-corrected chi connectivity index (χ1v) is 55.7. The van der Waals surface area contributed by atoms with Crippen molar-refractivity contribution >= 4 is 123 Å². The van der Waals surface area contributed by atoms with Crippen LogP contribution in [-0.4, -0.2) is 103 Å². The minimum atomic E-state index is -2.24. The van der Waals surface area contributed by atoms with Gasteiger partial charge in [-0.3, -0.25) is 19.8 Å². The summed E-state index contributed by atoms with van der Waals surface area (Å²) in [5, 5.41) is 21.4. The third-order valence-corrected chi connectivity index (χ3v) is 30.7. The fourth-order valence-corrected chi connectivity index (χ4v) is 26.5. The van der Waals surface area contributed by atoms with Crippen molar-refractivity contribution in [1.82, 2.24) is 0 Å². The summed E-state index contributed by atoms with van der Waals surface area (Å²) in [6.07, 6.45) is 29.5. The van der Waals surface area contributed by atoms with Gasteiger partial charge in [0.25, 0.3) is 11.6 Å². The Morgan fingerprint density at radius 2 is 0.894 bits per heavy atom. The van der Waals surface area contributed by atoms with Crippen molar-refractivity contribution in [3.8, 4) is 11.5 Å². The van der Waals surface area contributed by atoms with Crippen LogP contribution in [0.5, 0.6) is 11.5 Å². The molecule has 0 atom stereocenters. The van der Waals surface area contributed by atoms with Crippen LogP contribution in [-0.2, 0) is 42.1 Å². The molecule has 2 amide bonds. The second kappa shape index (κ2) is 50.7. The zero-order valence-electron chi connectivity index (χ0n) is 73.0. The van der Waals surface area contributed by atoms with E-state index in [1.165, 1.54) is 165 Å². The maximum atomic E-state index is 12.5. The van der Waals surface area contributed by atoms with Gasteiger partial charge in [-0.05, 0) is 215 Å². The van der Waals surface area contributed by atoms with Gasteiger partial charge in [0.2, 0.25) is 0 Å². The van der Waals surface area contributed by atoms with Gasteiger partial charge in [0.15, 0.2) is 0 Å². The molecule has 123 heavy (non-hydrogen) atoms. The summed E-state index contributed by atoms with van der Waals surface area (Å²) in [4.78, 5) is 53.4. The number of aryl methyl sites for hydroxylation is 9. The third-order valence-electron chi connectivity index (χ3n) is 22.7. The van der Waals surface area contributed by atoms with Crippen LogP contribution in [0.4, 0.5) is 39.8 Å². The van der Waals surface area contributed by atoms with E-state index in [1.54, 1.807) is 164 Å². The Bertz CT molecular complexity index is 4870. The van der Waals surface area contributed by atoms with Crippen molar-refractivity contribution in [2.75, 3.05) is 64.9 Å². The van der Waals surface area contributed by atoms with Gasteiger partial charge in [-0.25, -0.2) is 0 Å². The number of carbonyl (C=O) groups is 1. The number of hydrogen-bond donors (Lipinski definition) is 0. The van der Waals surface area contributed by atoms with Crippen LogP contribution >= 0.6 is 56.8 Å². The van der Waals surface area contributed by atoms with Gasteiger partial charge in [-0.15, -0.1) is 0 Å². The Hall–Kier alpha value is -7.61. The molecular weight excluding hydrogens is 1890 g/mol. The predicted molar refractivity (Wildman–Crippen MR) is 513 cm³/mol. The normalized spacial score (nSPS) is 15.4. The number of non-ortho nitro benzene ring substituents is 2. The van der Waals surface area contributed by atoms with Crippen molar-refractivity contribution in [3.63, 3.8) is 0 Å². The first-order valence-electron chi connectivity index (χ1n) is 41.7. The first-order chi connectivity index (χ1) is 58.9. The molecule has 8 aromatic rings. The standard InChI is InChI=1S/C21H27N2.C21H26N2.C18H33P.C16H14N2O4.C15H12N2O4.C7H6.5ClH.Cu.2Ru/c2*1-14-9-16(3)20(17(4)10-14)22-7-8-23(13-22)21-18(5)11-15(2)12-19(21)6;1-4-10-16(11-5-1)19(17-12-6-2-7-13-17)18-14-8-3-9-15-18;1-3-17(13-8-10-15(22-2)11-9-13)16(19)12-4-6-14(7-5-12)18(20)21;1-16(12-7-9-14(21-2)10-8-12)15(18)11-3-5-13(6-4-11)17(19)20;1-7-5-3-2-4-6-7;;;;;;;;/h9-13H,7-8H2,1-6H3;9-13H,1,7-8H2,2-6H3;16-18H,1-15H2;3-11H,1H2,2H3;1,3-10H,2H3;1-6H;5*1H;;;/q-1;;;;;;;;;;;+1;2*+2/p-3. The number of nitrogens with zero attached hydrogens (tertiary/aromatic N) is 8. The van der Waals surface area contributed by atoms with E-state index in [4.69, 9.17) is 48.2 Å². The summed E-state index contributed by atoms with van der Waals surface area (Å²) in [5.74, 6) is 0.889. The quantitative estimate of drug-likeness (QED) is 0.0163. The van der Waals surface area contributed by atoms with E-state index in [9.17, 15) is 29.8 Å². The van der Waals surface area contributed by atoms with E-state index >= 15 is 0 Å².